The fourth-order valence-corrected chi connectivity index (χ4v) is 3.07. The second-order valence-corrected chi connectivity index (χ2v) is 6.45. The fraction of sp³-hybridized carbons (Fsp3) is 0.250. The number of aromatic nitrogens is 4. The Balaban J connectivity index is 1.31. The molecule has 0 aliphatic carbocycles. The molecule has 1 N–H and O–H groups in total. The number of nitrogens with one attached hydrogen (secondary N) is 1. The minimum absolute atomic E-state index is 0.0931. The molecule has 4 rings (SSSR count). The molecular formula is C20H21N7O. The maximum atomic E-state index is 12.7. The van der Waals surface area contributed by atoms with Crippen LogP contribution in [0.4, 0.5) is 11.6 Å². The average molecular weight is 375 g/mol. The Morgan fingerprint density at radius 3 is 2.32 bits per heavy atom. The summed E-state index contributed by atoms with van der Waals surface area (Å²) in [5.41, 5.74) is 1.27. The van der Waals surface area contributed by atoms with Crippen LogP contribution in [0.15, 0.2) is 60.9 Å². The normalized spacial score (nSPS) is 14.0. The Hall–Kier alpha value is -3.55. The lowest BCUT2D eigenvalue weighted by Crippen LogP contribution is -2.49. The summed E-state index contributed by atoms with van der Waals surface area (Å²) in [6, 6.07) is 15.1. The number of carbonyl (C=O) groups excluding carboxylic acids is 1. The molecule has 3 aromatic rings. The van der Waals surface area contributed by atoms with E-state index in [4.69, 9.17) is 0 Å². The Bertz CT molecular complexity index is 895. The van der Waals surface area contributed by atoms with Gasteiger partial charge in [0.25, 0.3) is 5.91 Å². The van der Waals surface area contributed by atoms with E-state index in [1.807, 2.05) is 41.3 Å². The van der Waals surface area contributed by atoms with Gasteiger partial charge in [-0.1, -0.05) is 12.1 Å². The average Bonchev–Trinajstić information content (AvgIpc) is 2.79. The molecule has 0 spiro atoms. The van der Waals surface area contributed by atoms with Gasteiger partial charge in [-0.05, 0) is 36.4 Å². The molecule has 3 aromatic heterocycles. The SMILES string of the molecule is O=C(c1ccc(NCc2ccccn2)nn1)N1CCN(c2ccccn2)CC1. The van der Waals surface area contributed by atoms with Crippen molar-refractivity contribution in [3.05, 3.63) is 72.3 Å². The topological polar surface area (TPSA) is 87.1 Å². The summed E-state index contributed by atoms with van der Waals surface area (Å²) < 4.78 is 0. The van der Waals surface area contributed by atoms with Crippen LogP contribution < -0.4 is 10.2 Å². The molecule has 8 heteroatoms. The Morgan fingerprint density at radius 2 is 1.68 bits per heavy atom. The van der Waals surface area contributed by atoms with Gasteiger partial charge in [-0.25, -0.2) is 4.98 Å². The molecule has 28 heavy (non-hydrogen) atoms. The standard InChI is InChI=1S/C20H21N7O/c28-20(27-13-11-26(12-14-27)19-6-2-4-10-22-19)17-7-8-18(25-24-17)23-15-16-5-1-3-9-21-16/h1-10H,11-15H2,(H,23,25). The van der Waals surface area contributed by atoms with Crippen molar-refractivity contribution in [3.63, 3.8) is 0 Å². The Morgan fingerprint density at radius 1 is 0.893 bits per heavy atom. The van der Waals surface area contributed by atoms with E-state index in [1.54, 1.807) is 24.5 Å². The number of carbonyl (C=O) groups is 1. The largest absolute Gasteiger partial charge is 0.363 e. The van der Waals surface area contributed by atoms with E-state index in [2.05, 4.69) is 30.4 Å². The van der Waals surface area contributed by atoms with Crippen LogP contribution in [0.3, 0.4) is 0 Å². The molecule has 1 saturated heterocycles. The number of anilines is 2. The molecule has 0 bridgehead atoms. The number of amides is 1. The summed E-state index contributed by atoms with van der Waals surface area (Å²) in [4.78, 5) is 25.3. The number of hydrogen-bond acceptors (Lipinski definition) is 7. The maximum Gasteiger partial charge on any atom is 0.274 e. The Labute approximate surface area is 163 Å². The van der Waals surface area contributed by atoms with Gasteiger partial charge in [0.05, 0.1) is 12.2 Å². The van der Waals surface area contributed by atoms with Crippen molar-refractivity contribution in [2.75, 3.05) is 36.4 Å². The van der Waals surface area contributed by atoms with Crippen LogP contribution in [0.5, 0.6) is 0 Å². The summed E-state index contributed by atoms with van der Waals surface area (Å²) >= 11 is 0. The highest BCUT2D eigenvalue weighted by atomic mass is 16.2. The third kappa shape index (κ3) is 4.22. The van der Waals surface area contributed by atoms with Crippen molar-refractivity contribution >= 4 is 17.5 Å². The molecule has 1 aliphatic rings. The van der Waals surface area contributed by atoms with Gasteiger partial charge in [-0.15, -0.1) is 10.2 Å². The predicted molar refractivity (Wildman–Crippen MR) is 106 cm³/mol. The van der Waals surface area contributed by atoms with Gasteiger partial charge >= 0.3 is 0 Å². The van der Waals surface area contributed by atoms with Gasteiger partial charge in [-0.3, -0.25) is 9.78 Å². The summed E-state index contributed by atoms with van der Waals surface area (Å²) in [7, 11) is 0. The number of piperazine rings is 1. The highest BCUT2D eigenvalue weighted by molar-refractivity contribution is 5.92. The zero-order chi connectivity index (χ0) is 19.2. The van der Waals surface area contributed by atoms with Crippen molar-refractivity contribution in [1.82, 2.24) is 25.1 Å². The Kier molecular flexibility index (Phi) is 5.37. The highest BCUT2D eigenvalue weighted by Crippen LogP contribution is 2.14. The highest BCUT2D eigenvalue weighted by Gasteiger charge is 2.23. The van der Waals surface area contributed by atoms with Gasteiger partial charge in [0.2, 0.25) is 0 Å². The fourth-order valence-electron chi connectivity index (χ4n) is 3.07. The zero-order valence-corrected chi connectivity index (χ0v) is 15.4. The summed E-state index contributed by atoms with van der Waals surface area (Å²) in [5.74, 6) is 1.46. The van der Waals surface area contributed by atoms with Gasteiger partial charge in [0, 0.05) is 38.6 Å². The number of rotatable bonds is 5. The molecular weight excluding hydrogens is 354 g/mol. The quantitative estimate of drug-likeness (QED) is 0.728. The molecule has 1 aliphatic heterocycles. The monoisotopic (exact) mass is 375 g/mol. The van der Waals surface area contributed by atoms with Gasteiger partial charge in [0.1, 0.15) is 11.6 Å². The van der Waals surface area contributed by atoms with Crippen LogP contribution in [0, 0.1) is 0 Å². The van der Waals surface area contributed by atoms with Crippen LogP contribution in [0.25, 0.3) is 0 Å². The molecule has 0 saturated carbocycles. The molecule has 0 atom stereocenters. The van der Waals surface area contributed by atoms with Gasteiger partial charge in [-0.2, -0.15) is 0 Å². The van der Waals surface area contributed by atoms with Crippen LogP contribution >= 0.6 is 0 Å². The number of pyridine rings is 2. The summed E-state index contributed by atoms with van der Waals surface area (Å²) in [5, 5.41) is 11.4. The molecule has 0 unspecified atom stereocenters. The van der Waals surface area contributed by atoms with E-state index in [0.29, 0.717) is 31.1 Å². The van der Waals surface area contributed by atoms with Crippen molar-refractivity contribution in [2.24, 2.45) is 0 Å². The molecule has 0 radical (unpaired) electrons. The van der Waals surface area contributed by atoms with Crippen molar-refractivity contribution in [3.8, 4) is 0 Å². The third-order valence-electron chi connectivity index (χ3n) is 4.60. The zero-order valence-electron chi connectivity index (χ0n) is 15.4. The van der Waals surface area contributed by atoms with Crippen LogP contribution in [-0.2, 0) is 6.54 Å². The summed E-state index contributed by atoms with van der Waals surface area (Å²) in [6.45, 7) is 3.33. The first-order valence-corrected chi connectivity index (χ1v) is 9.22. The minimum atomic E-state index is -0.0931. The van der Waals surface area contributed by atoms with Gasteiger partial charge in [0.15, 0.2) is 5.69 Å². The first kappa shape index (κ1) is 17.8. The van der Waals surface area contributed by atoms with E-state index in [1.165, 1.54) is 0 Å². The maximum absolute atomic E-state index is 12.7. The second-order valence-electron chi connectivity index (χ2n) is 6.45. The molecule has 142 valence electrons. The van der Waals surface area contributed by atoms with E-state index in [0.717, 1.165) is 24.6 Å². The first-order chi connectivity index (χ1) is 13.8. The third-order valence-corrected chi connectivity index (χ3v) is 4.60. The van der Waals surface area contributed by atoms with Crippen molar-refractivity contribution in [2.45, 2.75) is 6.54 Å². The molecule has 8 nitrogen and oxygen atoms in total. The predicted octanol–water partition coefficient (Wildman–Crippen LogP) is 1.84. The molecule has 0 aromatic carbocycles. The van der Waals surface area contributed by atoms with E-state index in [-0.39, 0.29) is 5.91 Å². The van der Waals surface area contributed by atoms with Crippen molar-refractivity contribution in [1.29, 1.82) is 0 Å². The lowest BCUT2D eigenvalue weighted by Gasteiger charge is -2.35. The van der Waals surface area contributed by atoms with Crippen LogP contribution in [-0.4, -0.2) is 57.2 Å². The number of nitrogens with zero attached hydrogens (tertiary/aromatic N) is 6. The lowest BCUT2D eigenvalue weighted by atomic mass is 10.2. The smallest absolute Gasteiger partial charge is 0.274 e. The lowest BCUT2D eigenvalue weighted by molar-refractivity contribution is 0.0739. The van der Waals surface area contributed by atoms with Crippen molar-refractivity contribution < 1.29 is 4.79 Å². The second kappa shape index (κ2) is 8.43. The molecule has 4 heterocycles. The van der Waals surface area contributed by atoms with Crippen LogP contribution in [0.2, 0.25) is 0 Å². The molecule has 1 amide bonds. The molecule has 1 fully saturated rings. The van der Waals surface area contributed by atoms with Gasteiger partial charge < -0.3 is 15.1 Å². The van der Waals surface area contributed by atoms with E-state index >= 15 is 0 Å². The van der Waals surface area contributed by atoms with Crippen LogP contribution in [0.1, 0.15) is 16.2 Å². The minimum Gasteiger partial charge on any atom is -0.363 e. The number of hydrogen-bond donors (Lipinski definition) is 1. The van der Waals surface area contributed by atoms with E-state index in [9.17, 15) is 4.79 Å². The summed E-state index contributed by atoms with van der Waals surface area (Å²) in [6.07, 6.45) is 3.53. The van der Waals surface area contributed by atoms with E-state index < -0.39 is 0 Å². The first-order valence-electron chi connectivity index (χ1n) is 9.22.